The van der Waals surface area contributed by atoms with Crippen molar-refractivity contribution < 1.29 is 31.5 Å². The van der Waals surface area contributed by atoms with Crippen LogP contribution in [-0.2, 0) is 16.4 Å². The van der Waals surface area contributed by atoms with Gasteiger partial charge in [0.25, 0.3) is 14.2 Å². The maximum Gasteiger partial charge on any atom is 0.282 e. The van der Waals surface area contributed by atoms with Crippen molar-refractivity contribution in [1.82, 2.24) is 14.8 Å². The van der Waals surface area contributed by atoms with Crippen molar-refractivity contribution in [2.75, 3.05) is 39.5 Å². The van der Waals surface area contributed by atoms with Crippen LogP contribution in [0.1, 0.15) is 69.5 Å². The van der Waals surface area contributed by atoms with Crippen LogP contribution in [0, 0.1) is 17.6 Å². The van der Waals surface area contributed by atoms with E-state index >= 15 is 17.6 Å². The molecule has 1 aromatic heterocycles. The molecule has 56 heavy (non-hydrogen) atoms. The second kappa shape index (κ2) is 15.5. The highest BCUT2D eigenvalue weighted by Crippen LogP contribution is 2.46. The van der Waals surface area contributed by atoms with Gasteiger partial charge in [-0.3, -0.25) is 9.29 Å². The molecule has 3 atom stereocenters. The molecule has 0 bridgehead atoms. The Morgan fingerprint density at radius 3 is 2.00 bits per heavy atom. The molecule has 2 aliphatic rings. The van der Waals surface area contributed by atoms with Gasteiger partial charge in [0.2, 0.25) is 0 Å². The Kier molecular flexibility index (Phi) is 11.1. The Morgan fingerprint density at radius 1 is 0.857 bits per heavy atom. The number of alkyl halides is 3. The van der Waals surface area contributed by atoms with Crippen molar-refractivity contribution >= 4 is 29.6 Å². The zero-order chi connectivity index (χ0) is 40.0. The monoisotopic (exact) mass is 789 g/mol. The number of hydrogen-bond donors (Lipinski definition) is 2. The maximum absolute atomic E-state index is 16.9. The zero-order valence-corrected chi connectivity index (χ0v) is 33.8. The molecule has 0 saturated carbocycles. The largest absolute Gasteiger partial charge is 0.401 e. The van der Waals surface area contributed by atoms with E-state index in [1.54, 1.807) is 0 Å². The number of rotatable bonds is 13. The van der Waals surface area contributed by atoms with Crippen molar-refractivity contribution in [2.24, 2.45) is 5.92 Å². The first-order valence-electron chi connectivity index (χ1n) is 19.6. The fourth-order valence-corrected chi connectivity index (χ4v) is 13.7. The molecule has 5 nitrogen and oxygen atoms in total. The second-order valence-corrected chi connectivity index (χ2v) is 21.3. The number of halogens is 5. The molecule has 4 aromatic carbocycles. The summed E-state index contributed by atoms with van der Waals surface area (Å²) in [7, 11) is -3.33. The van der Waals surface area contributed by atoms with Crippen LogP contribution < -0.4 is 10.4 Å². The normalized spacial score (nSPS) is 19.8. The lowest BCUT2D eigenvalue weighted by atomic mass is 9.77. The molecule has 0 radical (unpaired) electrons. The molecular weight excluding hydrogens is 738 g/mol. The Morgan fingerprint density at radius 2 is 1.43 bits per heavy atom. The highest BCUT2D eigenvalue weighted by atomic mass is 28.4. The Balaban J connectivity index is 1.25. The summed E-state index contributed by atoms with van der Waals surface area (Å²) in [6.07, 6.45) is 0.765. The Labute approximate surface area is 327 Å². The molecule has 11 heteroatoms. The second-order valence-electron chi connectivity index (χ2n) is 17.0. The first kappa shape index (κ1) is 40.3. The van der Waals surface area contributed by atoms with Crippen LogP contribution in [-0.4, -0.2) is 79.6 Å². The number of aromatic amines is 1. The molecule has 298 valence electrons. The van der Waals surface area contributed by atoms with Gasteiger partial charge in [-0.15, -0.1) is 0 Å². The molecule has 0 spiro atoms. The van der Waals surface area contributed by atoms with Crippen molar-refractivity contribution in [3.63, 3.8) is 0 Å². The molecule has 5 aromatic rings. The van der Waals surface area contributed by atoms with Gasteiger partial charge in [-0.05, 0) is 71.4 Å². The minimum absolute atomic E-state index is 0.0719. The topological polar surface area (TPSA) is 51.7 Å². The van der Waals surface area contributed by atoms with Crippen LogP contribution in [0.4, 0.5) is 22.0 Å². The van der Waals surface area contributed by atoms with E-state index in [2.05, 4.69) is 4.98 Å². The molecule has 0 amide bonds. The van der Waals surface area contributed by atoms with E-state index in [0.717, 1.165) is 39.0 Å². The summed E-state index contributed by atoms with van der Waals surface area (Å²) in [5.74, 6) is -5.59. The minimum atomic E-state index is -3.43. The first-order valence-corrected chi connectivity index (χ1v) is 21.5. The number of fused-ring (bicyclic) bond motifs is 3. The number of hydrogen-bond acceptors (Lipinski definition) is 4. The summed E-state index contributed by atoms with van der Waals surface area (Å²) in [6, 6.07) is 27.2. The average Bonchev–Trinajstić information content (AvgIpc) is 3.50. The predicted molar refractivity (Wildman–Crippen MR) is 215 cm³/mol. The average molecular weight is 790 g/mol. The molecule has 1 saturated heterocycles. The van der Waals surface area contributed by atoms with E-state index in [0.29, 0.717) is 38.2 Å². The number of likely N-dealkylation sites (tertiary alicyclic amines) is 1. The number of aliphatic hydroxyl groups is 1. The lowest BCUT2D eigenvalue weighted by Gasteiger charge is -2.47. The van der Waals surface area contributed by atoms with E-state index in [1.165, 1.54) is 11.8 Å². The van der Waals surface area contributed by atoms with Gasteiger partial charge in [0.15, 0.2) is 0 Å². The molecular formula is C45H52F5N3O2Si. The first-order chi connectivity index (χ1) is 26.6. The number of aromatic nitrogens is 1. The van der Waals surface area contributed by atoms with Crippen LogP contribution >= 0.6 is 0 Å². The Hall–Kier alpha value is -3.87. The van der Waals surface area contributed by atoms with Gasteiger partial charge in [-0.1, -0.05) is 99.6 Å². The zero-order valence-electron chi connectivity index (χ0n) is 32.8. The molecule has 1 unspecified atom stereocenters. The van der Waals surface area contributed by atoms with Crippen molar-refractivity contribution in [3.05, 3.63) is 131 Å². The fraction of sp³-hybridized carbons (Fsp3) is 0.422. The summed E-state index contributed by atoms with van der Waals surface area (Å²) in [4.78, 5) is 6.85. The summed E-state index contributed by atoms with van der Waals surface area (Å²) < 4.78 is 86.6. The van der Waals surface area contributed by atoms with Crippen LogP contribution in [0.5, 0.6) is 0 Å². The van der Waals surface area contributed by atoms with Gasteiger partial charge >= 0.3 is 0 Å². The summed E-state index contributed by atoms with van der Waals surface area (Å²) in [5, 5.41) is 13.7. The van der Waals surface area contributed by atoms with Crippen LogP contribution in [0.2, 0.25) is 5.04 Å². The highest BCUT2D eigenvalue weighted by Gasteiger charge is 2.53. The lowest BCUT2D eigenvalue weighted by Crippen LogP contribution is -2.67. The number of nitrogens with one attached hydrogen (secondary N) is 1. The van der Waals surface area contributed by atoms with E-state index in [-0.39, 0.29) is 17.0 Å². The third kappa shape index (κ3) is 7.37. The summed E-state index contributed by atoms with van der Waals surface area (Å²) >= 11 is 0. The number of para-hydroxylation sites is 1. The van der Waals surface area contributed by atoms with Crippen molar-refractivity contribution in [1.29, 1.82) is 0 Å². The fourth-order valence-electron chi connectivity index (χ4n) is 9.12. The molecule has 7 rings (SSSR count). The van der Waals surface area contributed by atoms with E-state index in [4.69, 9.17) is 4.43 Å². The minimum Gasteiger partial charge on any atom is -0.401 e. The van der Waals surface area contributed by atoms with Gasteiger partial charge < -0.3 is 19.4 Å². The molecule has 0 aliphatic carbocycles. The standard InChI is InChI=1S/C45H52F5N3O2Si/c1-30-23-36-35-19-12-13-20-39(35)51-41(36)42(40-37(47)24-31(25-38(40)48)44(5,54)32-26-52(27-32)22-14-21-46)53(30)28-45(49,50)29-55-56(43(2,3)4,33-15-8-6-9-16-33)34-17-10-7-11-18-34/h6-13,15-20,24-25,30,32,42,51,54H,14,21-23,26-29H2,1-5H3/t30-,42-,44?/m1/s1. The van der Waals surface area contributed by atoms with Crippen LogP contribution in [0.15, 0.2) is 97.1 Å². The maximum atomic E-state index is 16.9. The third-order valence-corrected chi connectivity index (χ3v) is 17.1. The van der Waals surface area contributed by atoms with Crippen LogP contribution in [0.25, 0.3) is 10.9 Å². The summed E-state index contributed by atoms with van der Waals surface area (Å²) in [5.41, 5.74) is 0.199. The quantitative estimate of drug-likeness (QED) is 0.0929. The highest BCUT2D eigenvalue weighted by molar-refractivity contribution is 6.99. The van der Waals surface area contributed by atoms with Gasteiger partial charge in [-0.2, -0.15) is 0 Å². The van der Waals surface area contributed by atoms with Crippen molar-refractivity contribution in [2.45, 2.75) is 76.1 Å². The van der Waals surface area contributed by atoms with Gasteiger partial charge in [-0.25, -0.2) is 17.6 Å². The molecule has 1 fully saturated rings. The Bertz CT molecular complexity index is 2070. The van der Waals surface area contributed by atoms with E-state index in [9.17, 15) is 9.50 Å². The SMILES string of the molecule is C[C@@H]1Cc2c([nH]c3ccccc23)[C@@H](c2c(F)cc(C(C)(O)C3CN(CCCF)C3)cc2F)N1CC(F)(F)CO[Si](c1ccccc1)(c1ccccc1)C(C)(C)C. The van der Waals surface area contributed by atoms with E-state index in [1.807, 2.05) is 118 Å². The van der Waals surface area contributed by atoms with Gasteiger partial charge in [0.1, 0.15) is 11.6 Å². The number of nitrogens with zero attached hydrogens (tertiary/aromatic N) is 2. The lowest BCUT2D eigenvalue weighted by molar-refractivity contribution is -0.0828. The summed E-state index contributed by atoms with van der Waals surface area (Å²) in [6.45, 7) is 8.75. The van der Waals surface area contributed by atoms with E-state index < -0.39 is 68.4 Å². The third-order valence-electron chi connectivity index (χ3n) is 12.1. The smallest absolute Gasteiger partial charge is 0.282 e. The van der Waals surface area contributed by atoms with Crippen molar-refractivity contribution in [3.8, 4) is 0 Å². The molecule has 2 aliphatic heterocycles. The molecule has 2 N–H and O–H groups in total. The molecule has 3 heterocycles. The van der Waals surface area contributed by atoms with Gasteiger partial charge in [0, 0.05) is 53.8 Å². The predicted octanol–water partition coefficient (Wildman–Crippen LogP) is 8.49. The van der Waals surface area contributed by atoms with Crippen LogP contribution in [0.3, 0.4) is 0 Å². The number of benzene rings is 4. The van der Waals surface area contributed by atoms with Gasteiger partial charge in [0.05, 0.1) is 31.5 Å². The number of H-pyrrole nitrogens is 1.